The van der Waals surface area contributed by atoms with Crippen molar-refractivity contribution in [3.8, 4) is 5.75 Å². The fourth-order valence-electron chi connectivity index (χ4n) is 3.38. The van der Waals surface area contributed by atoms with Crippen molar-refractivity contribution in [3.63, 3.8) is 0 Å². The number of ether oxygens (including phenoxy) is 1. The van der Waals surface area contributed by atoms with E-state index >= 15 is 0 Å². The van der Waals surface area contributed by atoms with Crippen LogP contribution in [0.2, 0.25) is 0 Å². The van der Waals surface area contributed by atoms with Crippen molar-refractivity contribution in [3.05, 3.63) is 59.7 Å². The second-order valence-electron chi connectivity index (χ2n) is 7.27. The molecular weight excluding hydrogens is 352 g/mol. The maximum atomic E-state index is 12.8. The highest BCUT2D eigenvalue weighted by atomic mass is 16.5. The van der Waals surface area contributed by atoms with Crippen molar-refractivity contribution in [1.29, 1.82) is 0 Å². The van der Waals surface area contributed by atoms with E-state index in [-0.39, 0.29) is 17.9 Å². The Labute approximate surface area is 166 Å². The highest BCUT2D eigenvalue weighted by Crippen LogP contribution is 2.30. The van der Waals surface area contributed by atoms with Gasteiger partial charge in [0.1, 0.15) is 5.75 Å². The summed E-state index contributed by atoms with van der Waals surface area (Å²) < 4.78 is 5.99. The summed E-state index contributed by atoms with van der Waals surface area (Å²) in [5.41, 5.74) is 2.61. The van der Waals surface area contributed by atoms with Gasteiger partial charge >= 0.3 is 0 Å². The average Bonchev–Trinajstić information content (AvgIpc) is 2.84. The molecule has 148 valence electrons. The lowest BCUT2D eigenvalue weighted by atomic mass is 10.1. The highest BCUT2D eigenvalue weighted by Gasteiger charge is 2.32. The second-order valence-corrected chi connectivity index (χ2v) is 7.27. The van der Waals surface area contributed by atoms with Gasteiger partial charge < -0.3 is 15.0 Å². The van der Waals surface area contributed by atoms with Gasteiger partial charge in [-0.2, -0.15) is 0 Å². The number of amides is 2. The molecule has 2 aromatic rings. The minimum Gasteiger partial charge on any atom is -0.480 e. The molecule has 1 aliphatic heterocycles. The molecule has 0 radical (unpaired) electrons. The Morgan fingerprint density at radius 2 is 1.96 bits per heavy atom. The standard InChI is InChI=1S/C23H28N2O3/c1-4-16(3)25-15-18-14-19(11-12-21(18)28-20(5-2)23(25)27)24-22(26)13-17-9-7-6-8-10-17/h6-12,14,16,20H,4-5,13,15H2,1-3H3,(H,24,26)/t16-,20-/m1/s1. The first kappa shape index (κ1) is 19.9. The molecule has 5 heteroatoms. The highest BCUT2D eigenvalue weighted by molar-refractivity contribution is 5.92. The molecule has 2 amide bonds. The summed E-state index contributed by atoms with van der Waals surface area (Å²) >= 11 is 0. The molecule has 2 aromatic carbocycles. The molecule has 1 heterocycles. The Morgan fingerprint density at radius 3 is 2.64 bits per heavy atom. The van der Waals surface area contributed by atoms with E-state index in [1.165, 1.54) is 0 Å². The minimum absolute atomic E-state index is 0.0303. The third-order valence-corrected chi connectivity index (χ3v) is 5.21. The van der Waals surface area contributed by atoms with Gasteiger partial charge in [0.2, 0.25) is 5.91 Å². The van der Waals surface area contributed by atoms with Gasteiger partial charge in [-0.3, -0.25) is 9.59 Å². The number of hydrogen-bond acceptors (Lipinski definition) is 3. The van der Waals surface area contributed by atoms with Crippen LogP contribution in [-0.4, -0.2) is 28.9 Å². The lowest BCUT2D eigenvalue weighted by Crippen LogP contribution is -2.43. The predicted octanol–water partition coefficient (Wildman–Crippen LogP) is 4.17. The van der Waals surface area contributed by atoms with E-state index in [4.69, 9.17) is 4.74 Å². The predicted molar refractivity (Wildman–Crippen MR) is 110 cm³/mol. The number of nitrogens with one attached hydrogen (secondary N) is 1. The van der Waals surface area contributed by atoms with E-state index in [0.29, 0.717) is 25.1 Å². The number of carbonyl (C=O) groups excluding carboxylic acids is 2. The molecular formula is C23H28N2O3. The lowest BCUT2D eigenvalue weighted by Gasteiger charge is -2.28. The molecule has 0 fully saturated rings. The van der Waals surface area contributed by atoms with Crippen LogP contribution in [0.3, 0.4) is 0 Å². The van der Waals surface area contributed by atoms with Gasteiger partial charge in [-0.05, 0) is 43.5 Å². The van der Waals surface area contributed by atoms with Gasteiger partial charge in [0.05, 0.1) is 6.42 Å². The molecule has 5 nitrogen and oxygen atoms in total. The van der Waals surface area contributed by atoms with Gasteiger partial charge in [-0.15, -0.1) is 0 Å². The molecule has 1 aliphatic rings. The Kier molecular flexibility index (Phi) is 6.34. The topological polar surface area (TPSA) is 58.6 Å². The SMILES string of the molecule is CC[C@@H](C)N1Cc2cc(NC(=O)Cc3ccccc3)ccc2O[C@H](CC)C1=O. The van der Waals surface area contributed by atoms with E-state index in [2.05, 4.69) is 19.2 Å². The van der Waals surface area contributed by atoms with Crippen molar-refractivity contribution in [2.24, 2.45) is 0 Å². The van der Waals surface area contributed by atoms with Crippen molar-refractivity contribution in [2.45, 2.75) is 58.7 Å². The fraction of sp³-hybridized carbons (Fsp3) is 0.391. The fourth-order valence-corrected chi connectivity index (χ4v) is 3.38. The zero-order valence-electron chi connectivity index (χ0n) is 16.8. The zero-order valence-corrected chi connectivity index (χ0v) is 16.8. The van der Waals surface area contributed by atoms with Crippen LogP contribution in [0.15, 0.2) is 48.5 Å². The third-order valence-electron chi connectivity index (χ3n) is 5.21. The van der Waals surface area contributed by atoms with Gasteiger partial charge in [0, 0.05) is 23.8 Å². The minimum atomic E-state index is -0.464. The molecule has 0 spiro atoms. The van der Waals surface area contributed by atoms with E-state index in [1.807, 2.05) is 60.4 Å². The number of anilines is 1. The molecule has 0 aliphatic carbocycles. The number of benzene rings is 2. The number of fused-ring (bicyclic) bond motifs is 1. The van der Waals surface area contributed by atoms with E-state index in [0.717, 1.165) is 23.2 Å². The second kappa shape index (κ2) is 8.91. The first-order chi connectivity index (χ1) is 13.5. The molecule has 0 saturated carbocycles. The van der Waals surface area contributed by atoms with Gasteiger partial charge in [0.25, 0.3) is 5.91 Å². The Hall–Kier alpha value is -2.82. The average molecular weight is 380 g/mol. The number of rotatable bonds is 6. The molecule has 0 saturated heterocycles. The van der Waals surface area contributed by atoms with Gasteiger partial charge in [-0.1, -0.05) is 44.2 Å². The molecule has 3 rings (SSSR count). The summed E-state index contributed by atoms with van der Waals surface area (Å²) in [5, 5.41) is 2.96. The smallest absolute Gasteiger partial charge is 0.264 e. The Balaban J connectivity index is 1.79. The summed E-state index contributed by atoms with van der Waals surface area (Å²) in [6.07, 6.45) is 1.36. The summed E-state index contributed by atoms with van der Waals surface area (Å²) in [6, 6.07) is 15.4. The van der Waals surface area contributed by atoms with Crippen molar-refractivity contribution < 1.29 is 14.3 Å². The number of hydrogen-bond donors (Lipinski definition) is 1. The molecule has 1 N–H and O–H groups in total. The van der Waals surface area contributed by atoms with Crippen LogP contribution in [0.4, 0.5) is 5.69 Å². The van der Waals surface area contributed by atoms with Crippen molar-refractivity contribution >= 4 is 17.5 Å². The summed E-state index contributed by atoms with van der Waals surface area (Å²) in [4.78, 5) is 27.1. The van der Waals surface area contributed by atoms with Crippen LogP contribution >= 0.6 is 0 Å². The number of carbonyl (C=O) groups is 2. The lowest BCUT2D eigenvalue weighted by molar-refractivity contribution is -0.140. The quantitative estimate of drug-likeness (QED) is 0.818. The van der Waals surface area contributed by atoms with Crippen LogP contribution in [0.25, 0.3) is 0 Å². The van der Waals surface area contributed by atoms with E-state index in [9.17, 15) is 9.59 Å². The van der Waals surface area contributed by atoms with E-state index < -0.39 is 6.10 Å². The molecule has 0 unspecified atom stereocenters. The van der Waals surface area contributed by atoms with Crippen LogP contribution in [0.1, 0.15) is 44.7 Å². The van der Waals surface area contributed by atoms with Gasteiger partial charge in [-0.25, -0.2) is 0 Å². The van der Waals surface area contributed by atoms with E-state index in [1.54, 1.807) is 0 Å². The molecule has 28 heavy (non-hydrogen) atoms. The van der Waals surface area contributed by atoms with Crippen LogP contribution in [-0.2, 0) is 22.6 Å². The largest absolute Gasteiger partial charge is 0.480 e. The van der Waals surface area contributed by atoms with Crippen LogP contribution in [0, 0.1) is 0 Å². The van der Waals surface area contributed by atoms with Crippen LogP contribution < -0.4 is 10.1 Å². The first-order valence-electron chi connectivity index (χ1n) is 9.95. The zero-order chi connectivity index (χ0) is 20.1. The van der Waals surface area contributed by atoms with Gasteiger partial charge in [0.15, 0.2) is 6.10 Å². The van der Waals surface area contributed by atoms with Crippen molar-refractivity contribution in [2.75, 3.05) is 5.32 Å². The summed E-state index contributed by atoms with van der Waals surface area (Å²) in [5.74, 6) is 0.678. The molecule has 2 atom stereocenters. The maximum absolute atomic E-state index is 12.8. The Morgan fingerprint density at radius 1 is 1.21 bits per heavy atom. The summed E-state index contributed by atoms with van der Waals surface area (Å²) in [7, 11) is 0. The first-order valence-corrected chi connectivity index (χ1v) is 9.95. The monoisotopic (exact) mass is 380 g/mol. The molecule has 0 aromatic heterocycles. The number of nitrogens with zero attached hydrogens (tertiary/aromatic N) is 1. The third kappa shape index (κ3) is 4.53. The Bertz CT molecular complexity index is 835. The maximum Gasteiger partial charge on any atom is 0.264 e. The van der Waals surface area contributed by atoms with Crippen LogP contribution in [0.5, 0.6) is 5.75 Å². The van der Waals surface area contributed by atoms with Crippen molar-refractivity contribution in [1.82, 2.24) is 4.90 Å². The molecule has 0 bridgehead atoms. The normalized spacial score (nSPS) is 17.3. The summed E-state index contributed by atoms with van der Waals surface area (Å²) in [6.45, 7) is 6.58.